The Morgan fingerprint density at radius 1 is 1.24 bits per heavy atom. The van der Waals surface area contributed by atoms with Crippen LogP contribution in [-0.4, -0.2) is 24.6 Å². The van der Waals surface area contributed by atoms with Gasteiger partial charge in [0.2, 0.25) is 0 Å². The second-order valence-electron chi connectivity index (χ2n) is 4.57. The smallest absolute Gasteiger partial charge is 0.191 e. The normalized spacial score (nSPS) is 11.5. The highest BCUT2D eigenvalue weighted by Crippen LogP contribution is 2.25. The van der Waals surface area contributed by atoms with Gasteiger partial charge in [0.25, 0.3) is 0 Å². The Bertz CT molecular complexity index is 916. The zero-order chi connectivity index (χ0) is 14.2. The molecule has 7 heteroatoms. The molecular weight excluding hydrogens is 286 g/mol. The van der Waals surface area contributed by atoms with E-state index < -0.39 is 0 Å². The fourth-order valence-corrected chi connectivity index (χ4v) is 3.01. The summed E-state index contributed by atoms with van der Waals surface area (Å²) in [6, 6.07) is 7.95. The van der Waals surface area contributed by atoms with Gasteiger partial charge in [-0.1, -0.05) is 23.9 Å². The summed E-state index contributed by atoms with van der Waals surface area (Å²) in [6.45, 7) is 1.88. The highest BCUT2D eigenvalue weighted by Gasteiger charge is 2.12. The van der Waals surface area contributed by atoms with Gasteiger partial charge in [0, 0.05) is 11.1 Å². The number of fused-ring (bicyclic) bond motifs is 3. The van der Waals surface area contributed by atoms with Gasteiger partial charge < -0.3 is 4.42 Å². The molecule has 0 aliphatic rings. The van der Waals surface area contributed by atoms with Crippen LogP contribution in [0.3, 0.4) is 0 Å². The molecule has 0 N–H and O–H groups in total. The molecule has 4 aromatic rings. The van der Waals surface area contributed by atoms with Crippen LogP contribution < -0.4 is 0 Å². The van der Waals surface area contributed by atoms with Crippen LogP contribution in [0.4, 0.5) is 0 Å². The standard InChI is InChI=1S/C14H11N5OS/c1-9-16-13-11-4-2-3-5-12(11)17-14(19(13)18-9)21-7-10-6-20-8-15-10/h2-6,8H,7H2,1H3. The monoisotopic (exact) mass is 297 g/mol. The van der Waals surface area contributed by atoms with Crippen molar-refractivity contribution in [2.75, 3.05) is 0 Å². The number of hydrogen-bond acceptors (Lipinski definition) is 6. The highest BCUT2D eigenvalue weighted by molar-refractivity contribution is 7.98. The van der Waals surface area contributed by atoms with Crippen LogP contribution in [0.2, 0.25) is 0 Å². The Labute approximate surface area is 124 Å². The van der Waals surface area contributed by atoms with Crippen molar-refractivity contribution in [3.05, 3.63) is 48.4 Å². The summed E-state index contributed by atoms with van der Waals surface area (Å²) in [4.78, 5) is 13.3. The maximum Gasteiger partial charge on any atom is 0.191 e. The first-order valence-electron chi connectivity index (χ1n) is 6.43. The molecule has 0 fully saturated rings. The number of rotatable bonds is 3. The van der Waals surface area contributed by atoms with E-state index in [9.17, 15) is 0 Å². The van der Waals surface area contributed by atoms with Crippen molar-refractivity contribution in [3.8, 4) is 0 Å². The molecule has 21 heavy (non-hydrogen) atoms. The Kier molecular flexibility index (Phi) is 2.85. The maximum atomic E-state index is 4.99. The SMILES string of the molecule is Cc1nc2c3ccccc3nc(SCc3cocn3)n2n1. The van der Waals surface area contributed by atoms with Crippen molar-refractivity contribution < 1.29 is 4.42 Å². The van der Waals surface area contributed by atoms with Crippen molar-refractivity contribution in [1.29, 1.82) is 0 Å². The average Bonchev–Trinajstić information content (AvgIpc) is 3.13. The van der Waals surface area contributed by atoms with E-state index in [0.29, 0.717) is 5.75 Å². The van der Waals surface area contributed by atoms with Gasteiger partial charge in [-0.3, -0.25) is 0 Å². The topological polar surface area (TPSA) is 69.1 Å². The number of aromatic nitrogens is 5. The molecule has 3 aromatic heterocycles. The third kappa shape index (κ3) is 2.15. The third-order valence-electron chi connectivity index (χ3n) is 3.09. The number of para-hydroxylation sites is 1. The van der Waals surface area contributed by atoms with Crippen LogP contribution in [0.25, 0.3) is 16.6 Å². The van der Waals surface area contributed by atoms with Gasteiger partial charge in [-0.2, -0.15) is 4.52 Å². The number of thioether (sulfide) groups is 1. The van der Waals surface area contributed by atoms with Gasteiger partial charge in [0.1, 0.15) is 12.1 Å². The van der Waals surface area contributed by atoms with Crippen LogP contribution in [0.1, 0.15) is 11.5 Å². The van der Waals surface area contributed by atoms with Crippen molar-refractivity contribution in [2.45, 2.75) is 17.8 Å². The highest BCUT2D eigenvalue weighted by atomic mass is 32.2. The fraction of sp³-hybridized carbons (Fsp3) is 0.143. The largest absolute Gasteiger partial charge is 0.451 e. The molecular formula is C14H11N5OS. The Morgan fingerprint density at radius 2 is 2.14 bits per heavy atom. The van der Waals surface area contributed by atoms with E-state index in [1.807, 2.05) is 31.2 Å². The van der Waals surface area contributed by atoms with E-state index in [1.54, 1.807) is 22.5 Å². The molecule has 0 bridgehead atoms. The summed E-state index contributed by atoms with van der Waals surface area (Å²) in [6.07, 6.45) is 3.07. The lowest BCUT2D eigenvalue weighted by Crippen LogP contribution is -1.98. The van der Waals surface area contributed by atoms with Crippen LogP contribution >= 0.6 is 11.8 Å². The van der Waals surface area contributed by atoms with Crippen LogP contribution in [-0.2, 0) is 5.75 Å². The second-order valence-corrected chi connectivity index (χ2v) is 5.52. The quantitative estimate of drug-likeness (QED) is 0.428. The number of nitrogens with zero attached hydrogens (tertiary/aromatic N) is 5. The Morgan fingerprint density at radius 3 is 3.00 bits per heavy atom. The number of hydrogen-bond donors (Lipinski definition) is 0. The molecule has 0 radical (unpaired) electrons. The molecule has 6 nitrogen and oxygen atoms in total. The molecule has 0 saturated carbocycles. The average molecular weight is 297 g/mol. The lowest BCUT2D eigenvalue weighted by atomic mass is 10.2. The van der Waals surface area contributed by atoms with E-state index in [4.69, 9.17) is 4.42 Å². The van der Waals surface area contributed by atoms with Crippen molar-refractivity contribution in [3.63, 3.8) is 0 Å². The van der Waals surface area contributed by atoms with Crippen LogP contribution in [0.5, 0.6) is 0 Å². The molecule has 0 unspecified atom stereocenters. The lowest BCUT2D eigenvalue weighted by molar-refractivity contribution is 0.557. The van der Waals surface area contributed by atoms with Crippen LogP contribution in [0, 0.1) is 6.92 Å². The summed E-state index contributed by atoms with van der Waals surface area (Å²) in [7, 11) is 0. The lowest BCUT2D eigenvalue weighted by Gasteiger charge is -2.05. The molecule has 0 amide bonds. The zero-order valence-electron chi connectivity index (χ0n) is 11.2. The molecule has 0 aliphatic heterocycles. The predicted molar refractivity (Wildman–Crippen MR) is 79.1 cm³/mol. The molecule has 0 saturated heterocycles. The zero-order valence-corrected chi connectivity index (χ0v) is 12.0. The number of benzene rings is 1. The summed E-state index contributed by atoms with van der Waals surface area (Å²) in [5.41, 5.74) is 2.63. The first kappa shape index (κ1) is 12.3. The van der Waals surface area contributed by atoms with Gasteiger partial charge in [0.05, 0.1) is 11.2 Å². The maximum absolute atomic E-state index is 4.99. The van der Waals surface area contributed by atoms with E-state index in [1.165, 1.54) is 6.39 Å². The van der Waals surface area contributed by atoms with E-state index in [-0.39, 0.29) is 0 Å². The molecule has 3 heterocycles. The molecule has 104 valence electrons. The minimum atomic E-state index is 0.676. The van der Waals surface area contributed by atoms with Crippen molar-refractivity contribution in [2.24, 2.45) is 0 Å². The summed E-state index contributed by atoms with van der Waals surface area (Å²) < 4.78 is 6.78. The Hall–Kier alpha value is -2.41. The van der Waals surface area contributed by atoms with Gasteiger partial charge in [-0.05, 0) is 19.1 Å². The summed E-state index contributed by atoms with van der Waals surface area (Å²) in [5, 5.41) is 6.24. The minimum absolute atomic E-state index is 0.676. The van der Waals surface area contributed by atoms with Gasteiger partial charge in [-0.15, -0.1) is 5.10 Å². The van der Waals surface area contributed by atoms with E-state index in [2.05, 4.69) is 20.1 Å². The third-order valence-corrected chi connectivity index (χ3v) is 4.05. The van der Waals surface area contributed by atoms with Gasteiger partial charge >= 0.3 is 0 Å². The van der Waals surface area contributed by atoms with Gasteiger partial charge in [0.15, 0.2) is 17.2 Å². The Balaban J connectivity index is 1.85. The first-order valence-corrected chi connectivity index (χ1v) is 7.42. The molecule has 0 atom stereocenters. The molecule has 1 aromatic carbocycles. The molecule has 0 aliphatic carbocycles. The van der Waals surface area contributed by atoms with E-state index >= 15 is 0 Å². The predicted octanol–water partition coefficient (Wildman–Crippen LogP) is 2.87. The first-order chi connectivity index (χ1) is 10.3. The van der Waals surface area contributed by atoms with Crippen molar-refractivity contribution >= 4 is 28.3 Å². The van der Waals surface area contributed by atoms with E-state index in [0.717, 1.165) is 33.2 Å². The fourth-order valence-electron chi connectivity index (χ4n) is 2.17. The minimum Gasteiger partial charge on any atom is -0.451 e. The van der Waals surface area contributed by atoms with Gasteiger partial charge in [-0.25, -0.2) is 15.0 Å². The summed E-state index contributed by atoms with van der Waals surface area (Å²) in [5.74, 6) is 1.41. The molecule has 4 rings (SSSR count). The number of oxazole rings is 1. The van der Waals surface area contributed by atoms with Crippen molar-refractivity contribution in [1.82, 2.24) is 24.6 Å². The molecule has 0 spiro atoms. The second kappa shape index (κ2) is 4.85. The number of aryl methyl sites for hydroxylation is 1. The van der Waals surface area contributed by atoms with Crippen LogP contribution in [0.15, 0.2) is 46.5 Å². The summed E-state index contributed by atoms with van der Waals surface area (Å²) >= 11 is 1.56.